The highest BCUT2D eigenvalue weighted by atomic mass is 79.9. The highest BCUT2D eigenvalue weighted by Crippen LogP contribution is 2.17. The summed E-state index contributed by atoms with van der Waals surface area (Å²) >= 11 is 3.59. The van der Waals surface area contributed by atoms with E-state index < -0.39 is 0 Å². The molecule has 1 aromatic heterocycles. The predicted octanol–water partition coefficient (Wildman–Crippen LogP) is 2.43. The number of aromatic nitrogens is 2. The average Bonchev–Trinajstić information content (AvgIpc) is 2.91. The summed E-state index contributed by atoms with van der Waals surface area (Å²) < 4.78 is 2.94. The summed E-state index contributed by atoms with van der Waals surface area (Å²) in [4.78, 5) is 6.46. The third-order valence-electron chi connectivity index (χ3n) is 3.39. The van der Waals surface area contributed by atoms with Gasteiger partial charge < -0.3 is 10.2 Å². The van der Waals surface area contributed by atoms with E-state index in [1.54, 1.807) is 0 Å². The molecular weight excluding hydrogens is 342 g/mol. The number of aryl methyl sites for hydroxylation is 1. The molecule has 0 atom stereocenters. The summed E-state index contributed by atoms with van der Waals surface area (Å²) in [7, 11) is 5.78. The van der Waals surface area contributed by atoms with Crippen molar-refractivity contribution < 1.29 is 0 Å². The summed E-state index contributed by atoms with van der Waals surface area (Å²) in [5.41, 5.74) is 2.46. The van der Waals surface area contributed by atoms with Crippen LogP contribution in [0.15, 0.2) is 46.1 Å². The normalized spacial score (nSPS) is 11.5. The second kappa shape index (κ2) is 7.98. The number of benzene rings is 1. The van der Waals surface area contributed by atoms with E-state index >= 15 is 0 Å². The van der Waals surface area contributed by atoms with Crippen LogP contribution >= 0.6 is 15.9 Å². The lowest BCUT2D eigenvalue weighted by atomic mass is 10.2. The summed E-state index contributed by atoms with van der Waals surface area (Å²) in [6.07, 6.45) is 4.86. The van der Waals surface area contributed by atoms with Crippen molar-refractivity contribution in [3.63, 3.8) is 0 Å². The molecule has 0 bridgehead atoms. The Labute approximate surface area is 140 Å². The smallest absolute Gasteiger partial charge is 0.193 e. The van der Waals surface area contributed by atoms with E-state index in [4.69, 9.17) is 0 Å². The maximum Gasteiger partial charge on any atom is 0.193 e. The number of aliphatic imine (C=N–C) groups is 1. The largest absolute Gasteiger partial charge is 0.356 e. The van der Waals surface area contributed by atoms with Gasteiger partial charge in [-0.05, 0) is 23.6 Å². The Hall–Kier alpha value is -1.82. The Kier molecular flexibility index (Phi) is 6.00. The molecule has 2 rings (SSSR count). The van der Waals surface area contributed by atoms with Gasteiger partial charge in [0.1, 0.15) is 0 Å². The Morgan fingerprint density at radius 1 is 1.41 bits per heavy atom. The number of halogens is 1. The summed E-state index contributed by atoms with van der Waals surface area (Å²) in [6.45, 7) is 1.63. The zero-order valence-corrected chi connectivity index (χ0v) is 14.8. The van der Waals surface area contributed by atoms with Gasteiger partial charge in [0.15, 0.2) is 5.96 Å². The van der Waals surface area contributed by atoms with E-state index in [-0.39, 0.29) is 0 Å². The Morgan fingerprint density at radius 2 is 2.18 bits per heavy atom. The van der Waals surface area contributed by atoms with E-state index in [2.05, 4.69) is 48.4 Å². The molecule has 0 amide bonds. The fraction of sp³-hybridized carbons (Fsp3) is 0.375. The number of nitrogens with one attached hydrogen (secondary N) is 1. The maximum absolute atomic E-state index is 4.35. The van der Waals surface area contributed by atoms with Crippen molar-refractivity contribution in [2.45, 2.75) is 13.0 Å². The number of nitrogens with zero attached hydrogens (tertiary/aromatic N) is 4. The average molecular weight is 364 g/mol. The van der Waals surface area contributed by atoms with Crippen LogP contribution in [-0.2, 0) is 20.0 Å². The summed E-state index contributed by atoms with van der Waals surface area (Å²) in [5.74, 6) is 0.889. The number of hydrogen-bond acceptors (Lipinski definition) is 2. The van der Waals surface area contributed by atoms with E-state index in [1.165, 1.54) is 11.1 Å². The third kappa shape index (κ3) is 4.59. The van der Waals surface area contributed by atoms with Crippen LogP contribution in [0.4, 0.5) is 0 Å². The van der Waals surface area contributed by atoms with Gasteiger partial charge in [0.25, 0.3) is 0 Å². The fourth-order valence-electron chi connectivity index (χ4n) is 2.26. The van der Waals surface area contributed by atoms with E-state index in [0.29, 0.717) is 0 Å². The van der Waals surface area contributed by atoms with Gasteiger partial charge in [-0.3, -0.25) is 9.67 Å². The fourth-order valence-corrected chi connectivity index (χ4v) is 2.67. The van der Waals surface area contributed by atoms with Gasteiger partial charge in [0.05, 0.1) is 6.20 Å². The lowest BCUT2D eigenvalue weighted by Crippen LogP contribution is -2.39. The first-order valence-electron chi connectivity index (χ1n) is 7.23. The van der Waals surface area contributed by atoms with E-state index in [9.17, 15) is 0 Å². The molecule has 1 N–H and O–H groups in total. The predicted molar refractivity (Wildman–Crippen MR) is 93.9 cm³/mol. The van der Waals surface area contributed by atoms with Crippen LogP contribution in [0.3, 0.4) is 0 Å². The third-order valence-corrected chi connectivity index (χ3v) is 4.17. The standard InChI is InChI=1S/C16H22BrN5/c1-18-16(19-9-8-13-10-20-22(3)11-13)21(2)12-14-6-4-5-7-15(14)17/h4-7,10-11H,8-9,12H2,1-3H3,(H,18,19). The minimum absolute atomic E-state index is 0.800. The van der Waals surface area contributed by atoms with Crippen molar-refractivity contribution in [1.82, 2.24) is 20.0 Å². The van der Waals surface area contributed by atoms with Crippen molar-refractivity contribution in [2.24, 2.45) is 12.0 Å². The van der Waals surface area contributed by atoms with Crippen LogP contribution in [0.5, 0.6) is 0 Å². The molecule has 0 radical (unpaired) electrons. The van der Waals surface area contributed by atoms with Crippen LogP contribution in [-0.4, -0.2) is 41.3 Å². The number of rotatable bonds is 5. The molecule has 0 unspecified atom stereocenters. The molecule has 118 valence electrons. The van der Waals surface area contributed by atoms with Crippen molar-refractivity contribution in [1.29, 1.82) is 0 Å². The van der Waals surface area contributed by atoms with Gasteiger partial charge in [0.2, 0.25) is 0 Å². The molecule has 1 heterocycles. The van der Waals surface area contributed by atoms with E-state index in [0.717, 1.165) is 29.9 Å². The number of guanidine groups is 1. The molecular formula is C16H22BrN5. The second-order valence-electron chi connectivity index (χ2n) is 5.19. The highest BCUT2D eigenvalue weighted by Gasteiger charge is 2.08. The molecule has 0 saturated heterocycles. The summed E-state index contributed by atoms with van der Waals surface area (Å²) in [5, 5.41) is 7.57. The zero-order valence-electron chi connectivity index (χ0n) is 13.3. The van der Waals surface area contributed by atoms with Crippen LogP contribution < -0.4 is 5.32 Å². The van der Waals surface area contributed by atoms with Crippen molar-refractivity contribution >= 4 is 21.9 Å². The van der Waals surface area contributed by atoms with Crippen LogP contribution in [0.2, 0.25) is 0 Å². The first-order valence-corrected chi connectivity index (χ1v) is 8.02. The molecule has 0 aliphatic rings. The zero-order chi connectivity index (χ0) is 15.9. The lowest BCUT2D eigenvalue weighted by Gasteiger charge is -2.22. The van der Waals surface area contributed by atoms with Gasteiger partial charge in [-0.2, -0.15) is 5.10 Å². The Morgan fingerprint density at radius 3 is 2.82 bits per heavy atom. The topological polar surface area (TPSA) is 45.5 Å². The highest BCUT2D eigenvalue weighted by molar-refractivity contribution is 9.10. The Balaban J connectivity index is 1.87. The number of hydrogen-bond donors (Lipinski definition) is 1. The first-order chi connectivity index (χ1) is 10.6. The van der Waals surface area contributed by atoms with Gasteiger partial charge in [-0.1, -0.05) is 34.1 Å². The monoisotopic (exact) mass is 363 g/mol. The SMILES string of the molecule is CN=C(NCCc1cnn(C)c1)N(C)Cc1ccccc1Br. The Bertz CT molecular complexity index is 635. The molecule has 2 aromatic rings. The molecule has 22 heavy (non-hydrogen) atoms. The van der Waals surface area contributed by atoms with Crippen molar-refractivity contribution in [3.05, 3.63) is 52.3 Å². The van der Waals surface area contributed by atoms with Crippen LogP contribution in [0.25, 0.3) is 0 Å². The van der Waals surface area contributed by atoms with Gasteiger partial charge >= 0.3 is 0 Å². The van der Waals surface area contributed by atoms with Crippen LogP contribution in [0.1, 0.15) is 11.1 Å². The first kappa shape index (κ1) is 16.5. The lowest BCUT2D eigenvalue weighted by molar-refractivity contribution is 0.476. The quantitative estimate of drug-likeness (QED) is 0.655. The van der Waals surface area contributed by atoms with Gasteiger partial charge in [-0.25, -0.2) is 0 Å². The molecule has 0 fully saturated rings. The molecule has 5 nitrogen and oxygen atoms in total. The van der Waals surface area contributed by atoms with Gasteiger partial charge in [0, 0.05) is 44.9 Å². The minimum Gasteiger partial charge on any atom is -0.356 e. The van der Waals surface area contributed by atoms with Crippen molar-refractivity contribution in [2.75, 3.05) is 20.6 Å². The molecule has 6 heteroatoms. The summed E-state index contributed by atoms with van der Waals surface area (Å²) in [6, 6.07) is 8.24. The molecule has 0 saturated carbocycles. The molecule has 0 aliphatic carbocycles. The second-order valence-corrected chi connectivity index (χ2v) is 6.05. The molecule has 0 aliphatic heterocycles. The van der Waals surface area contributed by atoms with Crippen molar-refractivity contribution in [3.8, 4) is 0 Å². The van der Waals surface area contributed by atoms with Crippen LogP contribution in [0, 0.1) is 0 Å². The molecule has 0 spiro atoms. The van der Waals surface area contributed by atoms with E-state index in [1.807, 2.05) is 50.4 Å². The maximum atomic E-state index is 4.35. The van der Waals surface area contributed by atoms with Gasteiger partial charge in [-0.15, -0.1) is 0 Å². The minimum atomic E-state index is 0.800. The molecule has 1 aromatic carbocycles.